The molecule has 1 N–H and O–H groups in total. The zero-order valence-electron chi connectivity index (χ0n) is 12.6. The molecule has 0 aliphatic carbocycles. The van der Waals surface area contributed by atoms with Crippen molar-refractivity contribution in [1.82, 2.24) is 10.2 Å². The molecule has 2 heterocycles. The van der Waals surface area contributed by atoms with Gasteiger partial charge in [-0.05, 0) is 40.2 Å². The molecule has 2 rings (SSSR count). The van der Waals surface area contributed by atoms with Gasteiger partial charge < -0.3 is 9.73 Å². The first-order chi connectivity index (χ1) is 8.94. The molecule has 0 saturated carbocycles. The van der Waals surface area contributed by atoms with Crippen molar-refractivity contribution in [2.75, 3.05) is 13.1 Å². The third-order valence-electron chi connectivity index (χ3n) is 3.40. The first kappa shape index (κ1) is 14.4. The van der Waals surface area contributed by atoms with Gasteiger partial charge in [0.05, 0.1) is 6.54 Å². The summed E-state index contributed by atoms with van der Waals surface area (Å²) < 4.78 is 5.84. The molecular weight excluding hydrogens is 236 g/mol. The van der Waals surface area contributed by atoms with E-state index in [2.05, 4.69) is 56.1 Å². The van der Waals surface area contributed by atoms with Crippen molar-refractivity contribution < 1.29 is 4.42 Å². The van der Waals surface area contributed by atoms with Crippen molar-refractivity contribution in [2.45, 2.75) is 52.7 Å². The Balaban J connectivity index is 1.94. The molecule has 0 radical (unpaired) electrons. The summed E-state index contributed by atoms with van der Waals surface area (Å²) in [5.41, 5.74) is 1.44. The Morgan fingerprint density at radius 2 is 2.11 bits per heavy atom. The van der Waals surface area contributed by atoms with Gasteiger partial charge in [0.1, 0.15) is 11.5 Å². The molecule has 1 aliphatic rings. The minimum Gasteiger partial charge on any atom is -0.465 e. The standard InChI is InChI=1S/C16H26N2O/c1-13-14(12-18-8-6-5-7-9-18)10-15(19-13)11-17-16(2,3)4/h5-6,10,17H,7-9,11-12H2,1-4H3. The maximum atomic E-state index is 5.84. The van der Waals surface area contributed by atoms with Crippen molar-refractivity contribution in [2.24, 2.45) is 0 Å². The molecule has 0 saturated heterocycles. The highest BCUT2D eigenvalue weighted by Crippen LogP contribution is 2.18. The number of furan rings is 1. The highest BCUT2D eigenvalue weighted by Gasteiger charge is 2.14. The summed E-state index contributed by atoms with van der Waals surface area (Å²) >= 11 is 0. The predicted molar refractivity (Wildman–Crippen MR) is 79.1 cm³/mol. The van der Waals surface area contributed by atoms with Crippen LogP contribution in [0.5, 0.6) is 0 Å². The van der Waals surface area contributed by atoms with E-state index < -0.39 is 0 Å². The number of hydrogen-bond donors (Lipinski definition) is 1. The van der Waals surface area contributed by atoms with Crippen LogP contribution in [0.1, 0.15) is 44.3 Å². The van der Waals surface area contributed by atoms with Crippen LogP contribution >= 0.6 is 0 Å². The maximum Gasteiger partial charge on any atom is 0.118 e. The lowest BCUT2D eigenvalue weighted by molar-refractivity contribution is 0.288. The SMILES string of the molecule is Cc1oc(CNC(C)(C)C)cc1CN1CC=CCC1. The van der Waals surface area contributed by atoms with Crippen LogP contribution in [0.15, 0.2) is 22.6 Å². The number of rotatable bonds is 4. The van der Waals surface area contributed by atoms with Crippen LogP contribution in [0.2, 0.25) is 0 Å². The summed E-state index contributed by atoms with van der Waals surface area (Å²) in [7, 11) is 0. The van der Waals surface area contributed by atoms with Gasteiger partial charge in [-0.15, -0.1) is 0 Å². The van der Waals surface area contributed by atoms with Crippen molar-refractivity contribution in [3.63, 3.8) is 0 Å². The monoisotopic (exact) mass is 262 g/mol. The van der Waals surface area contributed by atoms with Gasteiger partial charge in [0, 0.05) is 30.7 Å². The van der Waals surface area contributed by atoms with E-state index in [1.54, 1.807) is 0 Å². The fourth-order valence-electron chi connectivity index (χ4n) is 2.26. The lowest BCUT2D eigenvalue weighted by Crippen LogP contribution is -2.34. The second-order valence-corrected chi connectivity index (χ2v) is 6.39. The van der Waals surface area contributed by atoms with E-state index in [1.807, 2.05) is 0 Å². The van der Waals surface area contributed by atoms with Crippen molar-refractivity contribution >= 4 is 0 Å². The first-order valence-corrected chi connectivity index (χ1v) is 7.14. The number of nitrogens with zero attached hydrogens (tertiary/aromatic N) is 1. The minimum absolute atomic E-state index is 0.124. The fourth-order valence-corrected chi connectivity index (χ4v) is 2.26. The highest BCUT2D eigenvalue weighted by molar-refractivity contribution is 5.21. The number of hydrogen-bond acceptors (Lipinski definition) is 3. The molecule has 19 heavy (non-hydrogen) atoms. The summed E-state index contributed by atoms with van der Waals surface area (Å²) in [5.74, 6) is 2.09. The Hall–Kier alpha value is -1.06. The molecule has 0 unspecified atom stereocenters. The third-order valence-corrected chi connectivity index (χ3v) is 3.40. The molecule has 0 fully saturated rings. The Labute approximate surface area is 116 Å². The van der Waals surface area contributed by atoms with Gasteiger partial charge in [0.15, 0.2) is 0 Å². The molecule has 1 aromatic rings. The molecular formula is C16H26N2O. The van der Waals surface area contributed by atoms with Gasteiger partial charge in [-0.3, -0.25) is 4.90 Å². The molecule has 106 valence electrons. The van der Waals surface area contributed by atoms with Gasteiger partial charge in [-0.2, -0.15) is 0 Å². The Bertz CT molecular complexity index is 440. The Morgan fingerprint density at radius 1 is 1.32 bits per heavy atom. The van der Waals surface area contributed by atoms with Gasteiger partial charge in [0.2, 0.25) is 0 Å². The lowest BCUT2D eigenvalue weighted by atomic mass is 10.1. The molecule has 3 nitrogen and oxygen atoms in total. The van der Waals surface area contributed by atoms with Crippen LogP contribution in [0.3, 0.4) is 0 Å². The average molecular weight is 262 g/mol. The molecule has 0 spiro atoms. The molecule has 0 amide bonds. The summed E-state index contributed by atoms with van der Waals surface area (Å²) in [6.07, 6.45) is 5.67. The quantitative estimate of drug-likeness (QED) is 0.844. The van der Waals surface area contributed by atoms with E-state index in [9.17, 15) is 0 Å². The molecule has 3 heteroatoms. The van der Waals surface area contributed by atoms with Crippen LogP contribution < -0.4 is 5.32 Å². The normalized spacial score (nSPS) is 17.1. The summed E-state index contributed by atoms with van der Waals surface area (Å²) in [5, 5.41) is 3.46. The van der Waals surface area contributed by atoms with E-state index in [0.29, 0.717) is 0 Å². The minimum atomic E-state index is 0.124. The summed E-state index contributed by atoms with van der Waals surface area (Å²) in [4.78, 5) is 2.46. The second-order valence-electron chi connectivity index (χ2n) is 6.39. The summed E-state index contributed by atoms with van der Waals surface area (Å²) in [6, 6.07) is 2.20. The van der Waals surface area contributed by atoms with Gasteiger partial charge >= 0.3 is 0 Å². The van der Waals surface area contributed by atoms with Crippen molar-refractivity contribution in [3.05, 3.63) is 35.3 Å². The van der Waals surface area contributed by atoms with Crippen LogP contribution in [-0.2, 0) is 13.1 Å². The Morgan fingerprint density at radius 3 is 2.74 bits per heavy atom. The molecule has 1 aliphatic heterocycles. The van der Waals surface area contributed by atoms with Crippen molar-refractivity contribution in [1.29, 1.82) is 0 Å². The van der Waals surface area contributed by atoms with Crippen LogP contribution in [0.25, 0.3) is 0 Å². The van der Waals surface area contributed by atoms with Gasteiger partial charge in [-0.1, -0.05) is 12.2 Å². The second kappa shape index (κ2) is 5.93. The van der Waals surface area contributed by atoms with E-state index >= 15 is 0 Å². The predicted octanol–water partition coefficient (Wildman–Crippen LogP) is 3.24. The molecule has 0 bridgehead atoms. The smallest absolute Gasteiger partial charge is 0.118 e. The van der Waals surface area contributed by atoms with Crippen LogP contribution in [-0.4, -0.2) is 23.5 Å². The van der Waals surface area contributed by atoms with Gasteiger partial charge in [0.25, 0.3) is 0 Å². The topological polar surface area (TPSA) is 28.4 Å². The van der Waals surface area contributed by atoms with Crippen LogP contribution in [0, 0.1) is 6.92 Å². The van der Waals surface area contributed by atoms with E-state index in [0.717, 1.165) is 44.1 Å². The van der Waals surface area contributed by atoms with E-state index in [1.165, 1.54) is 5.56 Å². The zero-order valence-corrected chi connectivity index (χ0v) is 12.6. The lowest BCUT2D eigenvalue weighted by Gasteiger charge is -2.22. The number of nitrogens with one attached hydrogen (secondary N) is 1. The molecule has 1 aromatic heterocycles. The number of aryl methyl sites for hydroxylation is 1. The Kier molecular flexibility index (Phi) is 4.48. The zero-order chi connectivity index (χ0) is 13.9. The average Bonchev–Trinajstić information content (AvgIpc) is 2.68. The highest BCUT2D eigenvalue weighted by atomic mass is 16.3. The first-order valence-electron chi connectivity index (χ1n) is 7.14. The maximum absolute atomic E-state index is 5.84. The van der Waals surface area contributed by atoms with E-state index in [-0.39, 0.29) is 5.54 Å². The van der Waals surface area contributed by atoms with Gasteiger partial charge in [-0.25, -0.2) is 0 Å². The molecule has 0 aromatic carbocycles. The largest absolute Gasteiger partial charge is 0.465 e. The fraction of sp³-hybridized carbons (Fsp3) is 0.625. The molecule has 0 atom stereocenters. The van der Waals surface area contributed by atoms with E-state index in [4.69, 9.17) is 4.42 Å². The van der Waals surface area contributed by atoms with Crippen LogP contribution in [0.4, 0.5) is 0 Å². The van der Waals surface area contributed by atoms with Crippen molar-refractivity contribution in [3.8, 4) is 0 Å². The summed E-state index contributed by atoms with van der Waals surface area (Å²) in [6.45, 7) is 12.6. The third kappa shape index (κ3) is 4.51.